The lowest BCUT2D eigenvalue weighted by molar-refractivity contribution is 0.280. The molecule has 1 heterocycles. The van der Waals surface area contributed by atoms with E-state index < -0.39 is 0 Å². The SMILES string of the molecule is CN(C)c1cccc(-c2ccc(-c3nccn3CCCO)cc2)c1. The van der Waals surface area contributed by atoms with Crippen LogP contribution in [0.5, 0.6) is 0 Å². The van der Waals surface area contributed by atoms with E-state index in [4.69, 9.17) is 5.11 Å². The molecule has 0 aliphatic carbocycles. The Bertz CT molecular complexity index is 791. The molecular formula is C20H23N3O. The summed E-state index contributed by atoms with van der Waals surface area (Å²) in [6, 6.07) is 17.0. The van der Waals surface area contributed by atoms with Crippen LogP contribution in [0.3, 0.4) is 0 Å². The second kappa shape index (κ2) is 7.32. The number of nitrogens with zero attached hydrogens (tertiary/aromatic N) is 3. The Balaban J connectivity index is 1.86. The first kappa shape index (κ1) is 16.3. The van der Waals surface area contributed by atoms with Crippen molar-refractivity contribution in [3.63, 3.8) is 0 Å². The number of aromatic nitrogens is 2. The molecule has 4 nitrogen and oxygen atoms in total. The highest BCUT2D eigenvalue weighted by atomic mass is 16.3. The molecule has 1 aromatic heterocycles. The van der Waals surface area contributed by atoms with Crippen molar-refractivity contribution in [2.45, 2.75) is 13.0 Å². The van der Waals surface area contributed by atoms with Crippen LogP contribution in [-0.4, -0.2) is 35.4 Å². The number of imidazole rings is 1. The topological polar surface area (TPSA) is 41.3 Å². The fraction of sp³-hybridized carbons (Fsp3) is 0.250. The van der Waals surface area contributed by atoms with Crippen molar-refractivity contribution >= 4 is 5.69 Å². The van der Waals surface area contributed by atoms with E-state index in [0.29, 0.717) is 0 Å². The summed E-state index contributed by atoms with van der Waals surface area (Å²) in [7, 11) is 4.10. The molecule has 4 heteroatoms. The van der Waals surface area contributed by atoms with Gasteiger partial charge in [-0.1, -0.05) is 36.4 Å². The first-order valence-corrected chi connectivity index (χ1v) is 8.19. The first-order chi connectivity index (χ1) is 11.7. The predicted molar refractivity (Wildman–Crippen MR) is 99.1 cm³/mol. The zero-order valence-electron chi connectivity index (χ0n) is 14.2. The highest BCUT2D eigenvalue weighted by Crippen LogP contribution is 2.26. The Labute approximate surface area is 143 Å². The van der Waals surface area contributed by atoms with Gasteiger partial charge >= 0.3 is 0 Å². The van der Waals surface area contributed by atoms with E-state index in [9.17, 15) is 0 Å². The number of rotatable bonds is 6. The third-order valence-corrected chi connectivity index (χ3v) is 4.11. The molecule has 0 atom stereocenters. The van der Waals surface area contributed by atoms with Crippen LogP contribution in [0.15, 0.2) is 60.9 Å². The Morgan fingerprint density at radius 1 is 1.00 bits per heavy atom. The van der Waals surface area contributed by atoms with Crippen LogP contribution >= 0.6 is 0 Å². The van der Waals surface area contributed by atoms with Crippen LogP contribution in [0.2, 0.25) is 0 Å². The number of anilines is 1. The van der Waals surface area contributed by atoms with Crippen LogP contribution in [0, 0.1) is 0 Å². The second-order valence-corrected chi connectivity index (χ2v) is 6.04. The van der Waals surface area contributed by atoms with Crippen LogP contribution in [0.25, 0.3) is 22.5 Å². The smallest absolute Gasteiger partial charge is 0.139 e. The largest absolute Gasteiger partial charge is 0.396 e. The standard InChI is InChI=1S/C20H23N3O/c1-22(2)19-6-3-5-18(15-19)16-7-9-17(10-8-16)20-21-11-13-23(20)12-4-14-24/h3,5-11,13,15,24H,4,12,14H2,1-2H3. The lowest BCUT2D eigenvalue weighted by atomic mass is 10.0. The molecule has 0 aliphatic heterocycles. The lowest BCUT2D eigenvalue weighted by Crippen LogP contribution is -2.08. The summed E-state index contributed by atoms with van der Waals surface area (Å²) in [4.78, 5) is 6.56. The molecule has 0 aliphatic rings. The Kier molecular flexibility index (Phi) is 4.96. The third-order valence-electron chi connectivity index (χ3n) is 4.11. The minimum Gasteiger partial charge on any atom is -0.396 e. The van der Waals surface area contributed by atoms with Crippen molar-refractivity contribution in [3.8, 4) is 22.5 Å². The Hall–Kier alpha value is -2.59. The van der Waals surface area contributed by atoms with E-state index in [2.05, 4.69) is 77.1 Å². The monoisotopic (exact) mass is 321 g/mol. The van der Waals surface area contributed by atoms with Crippen molar-refractivity contribution in [3.05, 3.63) is 60.9 Å². The van der Waals surface area contributed by atoms with Gasteiger partial charge in [0.05, 0.1) is 0 Å². The lowest BCUT2D eigenvalue weighted by Gasteiger charge is -2.14. The van der Waals surface area contributed by atoms with Gasteiger partial charge in [-0.25, -0.2) is 4.98 Å². The summed E-state index contributed by atoms with van der Waals surface area (Å²) in [6.45, 7) is 0.969. The minimum atomic E-state index is 0.193. The maximum absolute atomic E-state index is 9.01. The molecule has 0 radical (unpaired) electrons. The van der Waals surface area contributed by atoms with E-state index in [0.717, 1.165) is 24.4 Å². The van der Waals surface area contributed by atoms with Crippen LogP contribution < -0.4 is 4.90 Å². The van der Waals surface area contributed by atoms with Crippen molar-refractivity contribution < 1.29 is 5.11 Å². The van der Waals surface area contributed by atoms with E-state index >= 15 is 0 Å². The fourth-order valence-corrected chi connectivity index (χ4v) is 2.77. The van der Waals surface area contributed by atoms with Gasteiger partial charge < -0.3 is 14.6 Å². The molecule has 1 N–H and O–H groups in total. The second-order valence-electron chi connectivity index (χ2n) is 6.04. The molecule has 0 amide bonds. The summed E-state index contributed by atoms with van der Waals surface area (Å²) in [6.07, 6.45) is 4.50. The molecule has 3 aromatic rings. The normalized spacial score (nSPS) is 10.8. The average molecular weight is 321 g/mol. The highest BCUT2D eigenvalue weighted by molar-refractivity contribution is 5.71. The fourth-order valence-electron chi connectivity index (χ4n) is 2.77. The van der Waals surface area contributed by atoms with Crippen molar-refractivity contribution in [2.24, 2.45) is 0 Å². The molecule has 0 fully saturated rings. The van der Waals surface area contributed by atoms with Gasteiger partial charge in [0.2, 0.25) is 0 Å². The number of aliphatic hydroxyl groups is 1. The van der Waals surface area contributed by atoms with E-state index in [1.165, 1.54) is 16.8 Å². The first-order valence-electron chi connectivity index (χ1n) is 8.19. The van der Waals surface area contributed by atoms with Crippen LogP contribution in [0.1, 0.15) is 6.42 Å². The zero-order valence-corrected chi connectivity index (χ0v) is 14.2. The van der Waals surface area contributed by atoms with Gasteiger partial charge in [0, 0.05) is 50.9 Å². The van der Waals surface area contributed by atoms with Gasteiger partial charge in [-0.05, 0) is 29.7 Å². The summed E-state index contributed by atoms with van der Waals surface area (Å²) < 4.78 is 2.08. The Morgan fingerprint density at radius 3 is 2.46 bits per heavy atom. The summed E-state index contributed by atoms with van der Waals surface area (Å²) >= 11 is 0. The molecule has 124 valence electrons. The Morgan fingerprint density at radius 2 is 1.75 bits per heavy atom. The van der Waals surface area contributed by atoms with Gasteiger partial charge in [0.25, 0.3) is 0 Å². The van der Waals surface area contributed by atoms with E-state index in [1.54, 1.807) is 6.20 Å². The molecule has 0 saturated carbocycles. The van der Waals surface area contributed by atoms with Crippen LogP contribution in [0.4, 0.5) is 5.69 Å². The average Bonchev–Trinajstić information content (AvgIpc) is 3.08. The van der Waals surface area contributed by atoms with Crippen molar-refractivity contribution in [1.29, 1.82) is 0 Å². The van der Waals surface area contributed by atoms with Gasteiger partial charge in [-0.15, -0.1) is 0 Å². The molecular weight excluding hydrogens is 298 g/mol. The summed E-state index contributed by atoms with van der Waals surface area (Å²) in [5, 5.41) is 9.01. The molecule has 0 spiro atoms. The number of hydrogen-bond acceptors (Lipinski definition) is 3. The summed E-state index contributed by atoms with van der Waals surface area (Å²) in [5.41, 5.74) is 4.67. The minimum absolute atomic E-state index is 0.193. The molecule has 0 bridgehead atoms. The van der Waals surface area contributed by atoms with Gasteiger partial charge in [-0.2, -0.15) is 0 Å². The molecule has 2 aromatic carbocycles. The van der Waals surface area contributed by atoms with Gasteiger partial charge in [-0.3, -0.25) is 0 Å². The van der Waals surface area contributed by atoms with E-state index in [1.807, 2.05) is 6.20 Å². The van der Waals surface area contributed by atoms with Gasteiger partial charge in [0.1, 0.15) is 5.82 Å². The van der Waals surface area contributed by atoms with Crippen LogP contribution in [-0.2, 0) is 6.54 Å². The number of aliphatic hydroxyl groups excluding tert-OH is 1. The molecule has 3 rings (SSSR count). The molecule has 24 heavy (non-hydrogen) atoms. The number of aryl methyl sites for hydroxylation is 1. The van der Waals surface area contributed by atoms with E-state index in [-0.39, 0.29) is 6.61 Å². The number of hydrogen-bond donors (Lipinski definition) is 1. The maximum atomic E-state index is 9.01. The molecule has 0 saturated heterocycles. The van der Waals surface area contributed by atoms with Crippen molar-refractivity contribution in [2.75, 3.05) is 25.6 Å². The van der Waals surface area contributed by atoms with Gasteiger partial charge in [0.15, 0.2) is 0 Å². The molecule has 0 unspecified atom stereocenters. The zero-order chi connectivity index (χ0) is 16.9. The number of benzene rings is 2. The predicted octanol–water partition coefficient (Wildman–Crippen LogP) is 3.67. The highest BCUT2D eigenvalue weighted by Gasteiger charge is 2.07. The maximum Gasteiger partial charge on any atom is 0.139 e. The summed E-state index contributed by atoms with van der Waals surface area (Å²) in [5.74, 6) is 0.942. The third kappa shape index (κ3) is 3.49. The quantitative estimate of drug-likeness (QED) is 0.753. The van der Waals surface area contributed by atoms with Crippen molar-refractivity contribution in [1.82, 2.24) is 9.55 Å².